The standard InChI is InChI=1S/C19H21N3O3S/c1-19(2,3)13-4-6-14(7-5-13)25-10-8-20-16(23)15-12-21-18-22(17(15)24)9-11-26-18/h4-7,9,11-12H,8,10H2,1-3H3,(H,20,23). The van der Waals surface area contributed by atoms with Crippen LogP contribution in [0.15, 0.2) is 46.8 Å². The second-order valence-electron chi connectivity index (χ2n) is 6.91. The Hall–Kier alpha value is -2.67. The third-order valence-corrected chi connectivity index (χ3v) is 4.73. The van der Waals surface area contributed by atoms with Crippen LogP contribution in [-0.2, 0) is 5.41 Å². The van der Waals surface area contributed by atoms with Gasteiger partial charge in [0.2, 0.25) is 0 Å². The first kappa shape index (κ1) is 18.1. The summed E-state index contributed by atoms with van der Waals surface area (Å²) in [5.41, 5.74) is 0.982. The molecule has 6 nitrogen and oxygen atoms in total. The van der Waals surface area contributed by atoms with E-state index < -0.39 is 5.91 Å². The summed E-state index contributed by atoms with van der Waals surface area (Å²) in [4.78, 5) is 29.1. The van der Waals surface area contributed by atoms with Crippen molar-refractivity contribution in [2.75, 3.05) is 13.2 Å². The van der Waals surface area contributed by atoms with Gasteiger partial charge in [0.05, 0.1) is 6.54 Å². The van der Waals surface area contributed by atoms with Gasteiger partial charge < -0.3 is 10.1 Å². The topological polar surface area (TPSA) is 72.7 Å². The number of nitrogens with one attached hydrogen (secondary N) is 1. The van der Waals surface area contributed by atoms with E-state index in [0.717, 1.165) is 5.75 Å². The Kier molecular flexibility index (Phi) is 5.08. The minimum absolute atomic E-state index is 0.0235. The summed E-state index contributed by atoms with van der Waals surface area (Å²) in [6, 6.07) is 7.92. The molecule has 1 amide bonds. The molecule has 0 aliphatic heterocycles. The fourth-order valence-electron chi connectivity index (χ4n) is 2.46. The molecule has 136 valence electrons. The van der Waals surface area contributed by atoms with E-state index in [1.54, 1.807) is 11.6 Å². The molecule has 0 aliphatic rings. The van der Waals surface area contributed by atoms with Crippen LogP contribution in [0, 0.1) is 0 Å². The number of nitrogens with zero attached hydrogens (tertiary/aromatic N) is 2. The quantitative estimate of drug-likeness (QED) is 0.700. The Labute approximate surface area is 155 Å². The summed E-state index contributed by atoms with van der Waals surface area (Å²) in [7, 11) is 0. The fraction of sp³-hybridized carbons (Fsp3) is 0.316. The third kappa shape index (κ3) is 3.94. The minimum Gasteiger partial charge on any atom is -0.492 e. The fourth-order valence-corrected chi connectivity index (χ4v) is 3.14. The molecule has 2 heterocycles. The molecular formula is C19H21N3O3S. The molecule has 0 bridgehead atoms. The van der Waals surface area contributed by atoms with Crippen molar-refractivity contribution in [2.24, 2.45) is 0 Å². The number of amides is 1. The number of hydrogen-bond acceptors (Lipinski definition) is 5. The molecule has 0 saturated carbocycles. The highest BCUT2D eigenvalue weighted by atomic mass is 32.1. The Morgan fingerprint density at radius 2 is 2.00 bits per heavy atom. The maximum absolute atomic E-state index is 12.2. The van der Waals surface area contributed by atoms with Crippen molar-refractivity contribution < 1.29 is 9.53 Å². The number of ether oxygens (including phenoxy) is 1. The summed E-state index contributed by atoms with van der Waals surface area (Å²) < 4.78 is 7.00. The zero-order valence-electron chi connectivity index (χ0n) is 15.0. The van der Waals surface area contributed by atoms with Crippen molar-refractivity contribution in [1.82, 2.24) is 14.7 Å². The zero-order chi connectivity index (χ0) is 18.7. The average molecular weight is 371 g/mol. The van der Waals surface area contributed by atoms with Crippen LogP contribution < -0.4 is 15.6 Å². The molecule has 1 aromatic carbocycles. The van der Waals surface area contributed by atoms with Crippen LogP contribution in [0.2, 0.25) is 0 Å². The maximum atomic E-state index is 12.2. The number of carbonyl (C=O) groups is 1. The van der Waals surface area contributed by atoms with E-state index in [2.05, 4.69) is 31.1 Å². The van der Waals surface area contributed by atoms with Crippen LogP contribution in [0.5, 0.6) is 5.75 Å². The first-order valence-corrected chi connectivity index (χ1v) is 9.20. The first-order chi connectivity index (χ1) is 12.4. The van der Waals surface area contributed by atoms with Gasteiger partial charge >= 0.3 is 0 Å². The number of thiazole rings is 1. The van der Waals surface area contributed by atoms with Crippen LogP contribution in [0.4, 0.5) is 0 Å². The molecule has 0 aliphatic carbocycles. The van der Waals surface area contributed by atoms with Gasteiger partial charge in [-0.25, -0.2) is 4.98 Å². The van der Waals surface area contributed by atoms with Crippen molar-refractivity contribution in [3.8, 4) is 5.75 Å². The van der Waals surface area contributed by atoms with E-state index in [1.807, 2.05) is 24.3 Å². The molecule has 0 unspecified atom stereocenters. The van der Waals surface area contributed by atoms with Crippen molar-refractivity contribution in [3.63, 3.8) is 0 Å². The molecule has 3 aromatic rings. The summed E-state index contributed by atoms with van der Waals surface area (Å²) >= 11 is 1.34. The first-order valence-electron chi connectivity index (χ1n) is 8.33. The lowest BCUT2D eigenvalue weighted by Crippen LogP contribution is -2.33. The summed E-state index contributed by atoms with van der Waals surface area (Å²) in [6.07, 6.45) is 2.92. The second kappa shape index (κ2) is 7.29. The normalized spacial score (nSPS) is 11.5. The maximum Gasteiger partial charge on any atom is 0.271 e. The molecule has 7 heteroatoms. The van der Waals surface area contributed by atoms with Gasteiger partial charge in [-0.1, -0.05) is 32.9 Å². The van der Waals surface area contributed by atoms with E-state index in [1.165, 1.54) is 27.5 Å². The van der Waals surface area contributed by atoms with Gasteiger partial charge in [-0.05, 0) is 23.1 Å². The van der Waals surface area contributed by atoms with Crippen LogP contribution in [0.3, 0.4) is 0 Å². The van der Waals surface area contributed by atoms with E-state index in [-0.39, 0.29) is 16.5 Å². The number of aromatic nitrogens is 2. The van der Waals surface area contributed by atoms with Crippen molar-refractivity contribution in [1.29, 1.82) is 0 Å². The average Bonchev–Trinajstić information content (AvgIpc) is 3.08. The zero-order valence-corrected chi connectivity index (χ0v) is 15.8. The predicted molar refractivity (Wildman–Crippen MR) is 102 cm³/mol. The van der Waals surface area contributed by atoms with Gasteiger partial charge in [0.1, 0.15) is 17.9 Å². The Bertz CT molecular complexity index is 968. The molecule has 0 atom stereocenters. The van der Waals surface area contributed by atoms with Gasteiger partial charge in [0.25, 0.3) is 11.5 Å². The number of carbonyl (C=O) groups excluding carboxylic acids is 1. The SMILES string of the molecule is CC(C)(C)c1ccc(OCCNC(=O)c2cnc3sccn3c2=O)cc1. The molecule has 0 fully saturated rings. The van der Waals surface area contributed by atoms with Gasteiger partial charge in [0.15, 0.2) is 4.96 Å². The van der Waals surface area contributed by atoms with Gasteiger partial charge in [-0.3, -0.25) is 14.0 Å². The number of rotatable bonds is 5. The lowest BCUT2D eigenvalue weighted by molar-refractivity contribution is 0.0945. The molecule has 26 heavy (non-hydrogen) atoms. The lowest BCUT2D eigenvalue weighted by Gasteiger charge is -2.19. The largest absolute Gasteiger partial charge is 0.492 e. The molecule has 0 saturated heterocycles. The van der Waals surface area contributed by atoms with E-state index in [0.29, 0.717) is 18.1 Å². The van der Waals surface area contributed by atoms with Gasteiger partial charge in [-0.2, -0.15) is 0 Å². The van der Waals surface area contributed by atoms with Crippen LogP contribution >= 0.6 is 11.3 Å². The Morgan fingerprint density at radius 1 is 1.27 bits per heavy atom. The van der Waals surface area contributed by atoms with Gasteiger partial charge in [-0.15, -0.1) is 11.3 Å². The summed E-state index contributed by atoms with van der Waals surface area (Å²) in [6.45, 7) is 7.08. The molecule has 2 aromatic heterocycles. The predicted octanol–water partition coefficient (Wildman–Crippen LogP) is 2.86. The van der Waals surface area contributed by atoms with Crippen LogP contribution in [0.25, 0.3) is 4.96 Å². The number of fused-ring (bicyclic) bond motifs is 1. The van der Waals surface area contributed by atoms with E-state index >= 15 is 0 Å². The second-order valence-corrected chi connectivity index (χ2v) is 7.78. The van der Waals surface area contributed by atoms with Crippen LogP contribution in [-0.4, -0.2) is 28.4 Å². The number of hydrogen-bond donors (Lipinski definition) is 1. The molecule has 1 N–H and O–H groups in total. The van der Waals surface area contributed by atoms with Crippen molar-refractivity contribution in [3.05, 3.63) is 63.5 Å². The molecule has 0 spiro atoms. The highest BCUT2D eigenvalue weighted by Gasteiger charge is 2.14. The molecule has 3 rings (SSSR count). The molecule has 0 radical (unpaired) electrons. The summed E-state index contributed by atoms with van der Waals surface area (Å²) in [5, 5.41) is 4.44. The minimum atomic E-state index is -0.449. The Morgan fingerprint density at radius 3 is 2.69 bits per heavy atom. The summed E-state index contributed by atoms with van der Waals surface area (Å²) in [5.74, 6) is 0.295. The van der Waals surface area contributed by atoms with E-state index in [9.17, 15) is 9.59 Å². The lowest BCUT2D eigenvalue weighted by atomic mass is 9.87. The number of benzene rings is 1. The third-order valence-electron chi connectivity index (χ3n) is 3.96. The van der Waals surface area contributed by atoms with Crippen molar-refractivity contribution >= 4 is 22.2 Å². The smallest absolute Gasteiger partial charge is 0.271 e. The van der Waals surface area contributed by atoms with Crippen LogP contribution in [0.1, 0.15) is 36.7 Å². The van der Waals surface area contributed by atoms with E-state index in [4.69, 9.17) is 4.74 Å². The monoisotopic (exact) mass is 371 g/mol. The van der Waals surface area contributed by atoms with Gasteiger partial charge in [0, 0.05) is 17.8 Å². The highest BCUT2D eigenvalue weighted by Crippen LogP contribution is 2.24. The molecular weight excluding hydrogens is 350 g/mol. The highest BCUT2D eigenvalue weighted by molar-refractivity contribution is 7.15. The van der Waals surface area contributed by atoms with Crippen molar-refractivity contribution in [2.45, 2.75) is 26.2 Å². The Balaban J connectivity index is 1.53.